The van der Waals surface area contributed by atoms with Gasteiger partial charge < -0.3 is 5.32 Å². The first-order valence-electron chi connectivity index (χ1n) is 6.98. The van der Waals surface area contributed by atoms with Crippen LogP contribution in [0.15, 0.2) is 30.6 Å². The fourth-order valence-electron chi connectivity index (χ4n) is 1.98. The Kier molecular flexibility index (Phi) is 3.66. The van der Waals surface area contributed by atoms with Crippen LogP contribution in [0.25, 0.3) is 5.65 Å². The number of fused-ring (bicyclic) bond motifs is 1. The molecule has 3 aromatic rings. The summed E-state index contributed by atoms with van der Waals surface area (Å²) in [5, 5.41) is 12.0. The number of amides is 1. The molecule has 0 saturated carbocycles. The predicted octanol–water partition coefficient (Wildman–Crippen LogP) is 2.41. The first-order chi connectivity index (χ1) is 10.4. The quantitative estimate of drug-likeness (QED) is 0.805. The highest BCUT2D eigenvalue weighted by atomic mass is 32.1. The van der Waals surface area contributed by atoms with E-state index < -0.39 is 0 Å². The molecule has 3 aromatic heterocycles. The lowest BCUT2D eigenvalue weighted by Gasteiger charge is -2.13. The van der Waals surface area contributed by atoms with Crippen molar-refractivity contribution in [3.05, 3.63) is 46.3 Å². The van der Waals surface area contributed by atoms with Gasteiger partial charge in [0.15, 0.2) is 11.5 Å². The smallest absolute Gasteiger partial charge is 0.263 e. The third-order valence-corrected chi connectivity index (χ3v) is 4.58. The van der Waals surface area contributed by atoms with Gasteiger partial charge in [-0.25, -0.2) is 4.98 Å². The van der Waals surface area contributed by atoms with Crippen LogP contribution >= 0.6 is 11.3 Å². The summed E-state index contributed by atoms with van der Waals surface area (Å²) in [5.74, 6) is 0.560. The molecule has 0 aromatic carbocycles. The van der Waals surface area contributed by atoms with Crippen LogP contribution in [0.1, 0.15) is 41.3 Å². The Bertz CT molecular complexity index is 815. The maximum atomic E-state index is 12.2. The molecule has 22 heavy (non-hydrogen) atoms. The second-order valence-electron chi connectivity index (χ2n) is 6.01. The number of aromatic nitrogens is 4. The largest absolute Gasteiger partial charge is 0.344 e. The van der Waals surface area contributed by atoms with Crippen LogP contribution in [0, 0.1) is 0 Å². The zero-order chi connectivity index (χ0) is 15.7. The van der Waals surface area contributed by atoms with Crippen molar-refractivity contribution in [2.75, 3.05) is 0 Å². The maximum absolute atomic E-state index is 12.2. The molecule has 0 aliphatic heterocycles. The molecule has 0 radical (unpaired) electrons. The van der Waals surface area contributed by atoms with E-state index in [1.165, 1.54) is 11.3 Å². The summed E-state index contributed by atoms with van der Waals surface area (Å²) < 4.78 is 1.85. The van der Waals surface area contributed by atoms with E-state index in [2.05, 4.69) is 41.3 Å². The number of pyridine rings is 1. The van der Waals surface area contributed by atoms with Gasteiger partial charge in [0.25, 0.3) is 5.91 Å². The molecule has 0 atom stereocenters. The van der Waals surface area contributed by atoms with Gasteiger partial charge in [0.05, 0.1) is 17.7 Å². The van der Waals surface area contributed by atoms with Crippen molar-refractivity contribution in [3.8, 4) is 0 Å². The highest BCUT2D eigenvalue weighted by Gasteiger charge is 2.20. The zero-order valence-corrected chi connectivity index (χ0v) is 13.5. The van der Waals surface area contributed by atoms with Gasteiger partial charge in [-0.3, -0.25) is 9.20 Å². The average molecular weight is 315 g/mol. The minimum absolute atomic E-state index is 0.0492. The maximum Gasteiger partial charge on any atom is 0.263 e. The average Bonchev–Trinajstić information content (AvgIpc) is 3.11. The highest BCUT2D eigenvalue weighted by Crippen LogP contribution is 2.26. The Morgan fingerprint density at radius 2 is 2.14 bits per heavy atom. The van der Waals surface area contributed by atoms with Crippen LogP contribution in [0.4, 0.5) is 0 Å². The van der Waals surface area contributed by atoms with Gasteiger partial charge in [0, 0.05) is 11.6 Å². The predicted molar refractivity (Wildman–Crippen MR) is 85.0 cm³/mol. The number of nitrogens with zero attached hydrogens (tertiary/aromatic N) is 4. The Morgan fingerprint density at radius 1 is 1.32 bits per heavy atom. The van der Waals surface area contributed by atoms with E-state index in [-0.39, 0.29) is 11.3 Å². The van der Waals surface area contributed by atoms with Crippen LogP contribution < -0.4 is 5.32 Å². The molecule has 0 saturated heterocycles. The molecule has 0 aliphatic carbocycles. The van der Waals surface area contributed by atoms with E-state index in [1.807, 2.05) is 28.8 Å². The van der Waals surface area contributed by atoms with Crippen molar-refractivity contribution in [2.45, 2.75) is 32.7 Å². The fraction of sp³-hybridized carbons (Fsp3) is 0.333. The standard InChI is InChI=1S/C15H17N5OS/c1-15(2,3)14-17-8-10(22-14)13(21)16-9-12-19-18-11-6-4-5-7-20(11)12/h4-8H,9H2,1-3H3,(H,16,21). The van der Waals surface area contributed by atoms with Crippen LogP contribution in [0.3, 0.4) is 0 Å². The van der Waals surface area contributed by atoms with Crippen LogP contribution in [-0.2, 0) is 12.0 Å². The minimum Gasteiger partial charge on any atom is -0.344 e. The van der Waals surface area contributed by atoms with Gasteiger partial charge >= 0.3 is 0 Å². The first-order valence-corrected chi connectivity index (χ1v) is 7.80. The van der Waals surface area contributed by atoms with Crippen molar-refractivity contribution in [1.29, 1.82) is 0 Å². The summed E-state index contributed by atoms with van der Waals surface area (Å²) in [4.78, 5) is 17.2. The lowest BCUT2D eigenvalue weighted by Crippen LogP contribution is -2.23. The van der Waals surface area contributed by atoms with E-state index in [0.717, 1.165) is 10.7 Å². The van der Waals surface area contributed by atoms with Crippen molar-refractivity contribution >= 4 is 22.9 Å². The second-order valence-corrected chi connectivity index (χ2v) is 7.04. The van der Waals surface area contributed by atoms with Crippen molar-refractivity contribution in [1.82, 2.24) is 24.9 Å². The van der Waals surface area contributed by atoms with Crippen LogP contribution in [-0.4, -0.2) is 25.5 Å². The molecule has 0 fully saturated rings. The van der Waals surface area contributed by atoms with E-state index in [4.69, 9.17) is 0 Å². The van der Waals surface area contributed by atoms with Gasteiger partial charge in [-0.05, 0) is 12.1 Å². The molecule has 3 rings (SSSR count). The van der Waals surface area contributed by atoms with E-state index in [0.29, 0.717) is 17.2 Å². The number of nitrogens with one attached hydrogen (secondary N) is 1. The topological polar surface area (TPSA) is 72.2 Å². The number of rotatable bonds is 3. The Morgan fingerprint density at radius 3 is 2.86 bits per heavy atom. The van der Waals surface area contributed by atoms with Crippen molar-refractivity contribution in [2.24, 2.45) is 0 Å². The van der Waals surface area contributed by atoms with Gasteiger partial charge in [0.1, 0.15) is 4.88 Å². The van der Waals surface area contributed by atoms with Crippen molar-refractivity contribution in [3.63, 3.8) is 0 Å². The molecular weight excluding hydrogens is 298 g/mol. The molecule has 114 valence electrons. The summed E-state index contributed by atoms with van der Waals surface area (Å²) in [5.41, 5.74) is 0.714. The fourth-order valence-corrected chi connectivity index (χ4v) is 2.87. The lowest BCUT2D eigenvalue weighted by atomic mass is 9.98. The van der Waals surface area contributed by atoms with Gasteiger partial charge in [-0.1, -0.05) is 26.8 Å². The summed E-state index contributed by atoms with van der Waals surface area (Å²) in [6, 6.07) is 5.68. The number of hydrogen-bond donors (Lipinski definition) is 1. The van der Waals surface area contributed by atoms with Gasteiger partial charge in [0.2, 0.25) is 0 Å². The van der Waals surface area contributed by atoms with E-state index >= 15 is 0 Å². The monoisotopic (exact) mass is 315 g/mol. The summed E-state index contributed by atoms with van der Waals surface area (Å²) in [6.45, 7) is 6.56. The molecule has 0 bridgehead atoms. The van der Waals surface area contributed by atoms with E-state index in [9.17, 15) is 4.79 Å². The molecule has 0 unspecified atom stereocenters. The van der Waals surface area contributed by atoms with Crippen molar-refractivity contribution < 1.29 is 4.79 Å². The Hall–Kier alpha value is -2.28. The van der Waals surface area contributed by atoms with Crippen LogP contribution in [0.2, 0.25) is 0 Å². The number of hydrogen-bond acceptors (Lipinski definition) is 5. The first kappa shape index (κ1) is 14.6. The number of thiazole rings is 1. The molecule has 1 N–H and O–H groups in total. The molecular formula is C15H17N5OS. The zero-order valence-electron chi connectivity index (χ0n) is 12.7. The molecule has 0 spiro atoms. The Balaban J connectivity index is 1.71. The molecule has 3 heterocycles. The summed E-state index contributed by atoms with van der Waals surface area (Å²) >= 11 is 1.42. The van der Waals surface area contributed by atoms with Gasteiger partial charge in [-0.2, -0.15) is 0 Å². The third-order valence-electron chi connectivity index (χ3n) is 3.16. The second kappa shape index (κ2) is 5.49. The minimum atomic E-state index is -0.138. The molecule has 0 aliphatic rings. The lowest BCUT2D eigenvalue weighted by molar-refractivity contribution is 0.0953. The SMILES string of the molecule is CC(C)(C)c1ncc(C(=O)NCc2nnc3ccccn23)s1. The Labute approximate surface area is 132 Å². The number of carbonyl (C=O) groups excluding carboxylic acids is 1. The normalized spacial score (nSPS) is 11.8. The summed E-state index contributed by atoms with van der Waals surface area (Å²) in [7, 11) is 0. The molecule has 6 nitrogen and oxygen atoms in total. The van der Waals surface area contributed by atoms with E-state index in [1.54, 1.807) is 6.20 Å². The number of carbonyl (C=O) groups is 1. The highest BCUT2D eigenvalue weighted by molar-refractivity contribution is 7.13. The third kappa shape index (κ3) is 2.85. The summed E-state index contributed by atoms with van der Waals surface area (Å²) in [6.07, 6.45) is 3.50. The molecule has 1 amide bonds. The molecule has 7 heteroatoms. The van der Waals surface area contributed by atoms with Crippen LogP contribution in [0.5, 0.6) is 0 Å². The van der Waals surface area contributed by atoms with Gasteiger partial charge in [-0.15, -0.1) is 21.5 Å².